The fourth-order valence-corrected chi connectivity index (χ4v) is 2.03. The Balaban J connectivity index is 2.29. The minimum Gasteiger partial charge on any atom is -0.308 e. The van der Waals surface area contributed by atoms with Gasteiger partial charge in [0.05, 0.1) is 0 Å². The van der Waals surface area contributed by atoms with Gasteiger partial charge >= 0.3 is 0 Å². The molecule has 2 aromatic rings. The van der Waals surface area contributed by atoms with Crippen molar-refractivity contribution in [1.82, 2.24) is 0 Å². The highest BCUT2D eigenvalue weighted by molar-refractivity contribution is 6.06. The Morgan fingerprint density at radius 3 is 2.21 bits per heavy atom. The Morgan fingerprint density at radius 2 is 1.63 bits per heavy atom. The lowest BCUT2D eigenvalue weighted by Gasteiger charge is -2.22. The zero-order chi connectivity index (χ0) is 13.7. The number of carbonyl (C=O) groups excluding carboxylic acids is 1. The van der Waals surface area contributed by atoms with E-state index in [0.29, 0.717) is 0 Å². The van der Waals surface area contributed by atoms with Crippen LogP contribution in [0.2, 0.25) is 0 Å². The Labute approximate surface area is 114 Å². The molecule has 0 saturated carbocycles. The van der Waals surface area contributed by atoms with Gasteiger partial charge in [0.25, 0.3) is 5.91 Å². The average molecular weight is 253 g/mol. The number of amides is 1. The minimum atomic E-state index is 0.0630. The van der Waals surface area contributed by atoms with Crippen LogP contribution in [-0.4, -0.2) is 12.5 Å². The number of rotatable bonds is 4. The van der Waals surface area contributed by atoms with E-state index in [1.165, 1.54) is 5.56 Å². The van der Waals surface area contributed by atoms with Gasteiger partial charge in [-0.05, 0) is 37.6 Å². The maximum Gasteiger partial charge on any atom is 0.258 e. The van der Waals surface area contributed by atoms with E-state index in [1.807, 2.05) is 66.4 Å². The summed E-state index contributed by atoms with van der Waals surface area (Å²) >= 11 is 0. The summed E-state index contributed by atoms with van der Waals surface area (Å²) < 4.78 is 0. The van der Waals surface area contributed by atoms with E-state index in [0.717, 1.165) is 24.2 Å². The molecule has 0 saturated heterocycles. The monoisotopic (exact) mass is 253 g/mol. The largest absolute Gasteiger partial charge is 0.308 e. The van der Waals surface area contributed by atoms with Gasteiger partial charge in [-0.15, -0.1) is 0 Å². The van der Waals surface area contributed by atoms with Gasteiger partial charge in [0, 0.05) is 17.8 Å². The van der Waals surface area contributed by atoms with E-state index in [2.05, 4.69) is 6.92 Å². The van der Waals surface area contributed by atoms with Gasteiger partial charge in [-0.2, -0.15) is 0 Å². The molecule has 2 heteroatoms. The predicted molar refractivity (Wildman–Crippen MR) is 79.6 cm³/mol. The lowest BCUT2D eigenvalue weighted by molar-refractivity contribution is 0.0987. The van der Waals surface area contributed by atoms with E-state index in [4.69, 9.17) is 0 Å². The summed E-state index contributed by atoms with van der Waals surface area (Å²) in [6, 6.07) is 17.6. The van der Waals surface area contributed by atoms with Gasteiger partial charge in [0.1, 0.15) is 0 Å². The summed E-state index contributed by atoms with van der Waals surface area (Å²) in [5, 5.41) is 0. The number of hydrogen-bond acceptors (Lipinski definition) is 1. The Bertz CT molecular complexity index is 531. The quantitative estimate of drug-likeness (QED) is 0.805. The molecule has 0 heterocycles. The molecule has 0 aliphatic carbocycles. The molecule has 0 bridgehead atoms. The van der Waals surface area contributed by atoms with Crippen LogP contribution in [0, 0.1) is 6.92 Å². The molecule has 2 rings (SSSR count). The van der Waals surface area contributed by atoms with Crippen molar-refractivity contribution in [3.05, 3.63) is 65.7 Å². The molecule has 19 heavy (non-hydrogen) atoms. The molecule has 0 spiro atoms. The Morgan fingerprint density at radius 1 is 1.00 bits per heavy atom. The number of hydrogen-bond donors (Lipinski definition) is 0. The van der Waals surface area contributed by atoms with Crippen LogP contribution in [0.25, 0.3) is 0 Å². The van der Waals surface area contributed by atoms with Gasteiger partial charge in [-0.25, -0.2) is 0 Å². The normalized spacial score (nSPS) is 10.2. The van der Waals surface area contributed by atoms with Gasteiger partial charge in [-0.3, -0.25) is 4.79 Å². The van der Waals surface area contributed by atoms with E-state index >= 15 is 0 Å². The van der Waals surface area contributed by atoms with Crippen LogP contribution in [0.15, 0.2) is 54.6 Å². The van der Waals surface area contributed by atoms with Crippen LogP contribution in [0.5, 0.6) is 0 Å². The van der Waals surface area contributed by atoms with Crippen LogP contribution in [0.3, 0.4) is 0 Å². The molecular formula is C17H19NO. The summed E-state index contributed by atoms with van der Waals surface area (Å²) in [7, 11) is 0. The smallest absolute Gasteiger partial charge is 0.258 e. The molecule has 0 aliphatic rings. The molecule has 2 aromatic carbocycles. The average Bonchev–Trinajstić information content (AvgIpc) is 2.46. The molecular weight excluding hydrogens is 234 g/mol. The third-order valence-corrected chi connectivity index (χ3v) is 3.06. The topological polar surface area (TPSA) is 20.3 Å². The first-order valence-electron chi connectivity index (χ1n) is 6.66. The second-order valence-electron chi connectivity index (χ2n) is 4.66. The van der Waals surface area contributed by atoms with Gasteiger partial charge in [0.15, 0.2) is 0 Å². The van der Waals surface area contributed by atoms with Crippen molar-refractivity contribution >= 4 is 11.6 Å². The highest BCUT2D eigenvalue weighted by Crippen LogP contribution is 2.17. The van der Waals surface area contributed by atoms with Crippen LogP contribution in [0.4, 0.5) is 5.69 Å². The van der Waals surface area contributed by atoms with Crippen molar-refractivity contribution in [3.63, 3.8) is 0 Å². The molecule has 0 unspecified atom stereocenters. The number of para-hydroxylation sites is 1. The fraction of sp³-hybridized carbons (Fsp3) is 0.235. The van der Waals surface area contributed by atoms with Crippen molar-refractivity contribution in [2.75, 3.05) is 11.4 Å². The van der Waals surface area contributed by atoms with Gasteiger partial charge < -0.3 is 4.90 Å². The predicted octanol–water partition coefficient (Wildman–Crippen LogP) is 4.05. The Kier molecular flexibility index (Phi) is 4.35. The van der Waals surface area contributed by atoms with E-state index in [1.54, 1.807) is 0 Å². The second kappa shape index (κ2) is 6.19. The summed E-state index contributed by atoms with van der Waals surface area (Å²) in [4.78, 5) is 14.4. The summed E-state index contributed by atoms with van der Waals surface area (Å²) in [6.45, 7) is 4.84. The summed E-state index contributed by atoms with van der Waals surface area (Å²) in [5.41, 5.74) is 2.86. The lowest BCUT2D eigenvalue weighted by Crippen LogP contribution is -2.31. The third kappa shape index (κ3) is 3.22. The maximum absolute atomic E-state index is 12.6. The number of nitrogens with zero attached hydrogens (tertiary/aromatic N) is 1. The van der Waals surface area contributed by atoms with Gasteiger partial charge in [0.2, 0.25) is 0 Å². The molecule has 0 atom stereocenters. The number of carbonyl (C=O) groups is 1. The molecule has 0 aliphatic heterocycles. The highest BCUT2D eigenvalue weighted by atomic mass is 16.2. The van der Waals surface area contributed by atoms with Gasteiger partial charge in [-0.1, -0.05) is 42.8 Å². The van der Waals surface area contributed by atoms with E-state index in [-0.39, 0.29) is 5.91 Å². The van der Waals surface area contributed by atoms with Crippen LogP contribution >= 0.6 is 0 Å². The standard InChI is InChI=1S/C17H19NO/c1-3-13-18(16-7-5-4-6-8-16)17(19)15-11-9-14(2)10-12-15/h4-12H,3,13H2,1-2H3. The molecule has 2 nitrogen and oxygen atoms in total. The van der Waals surface area contributed by atoms with Crippen LogP contribution in [0.1, 0.15) is 29.3 Å². The third-order valence-electron chi connectivity index (χ3n) is 3.06. The molecule has 1 amide bonds. The molecule has 98 valence electrons. The number of benzene rings is 2. The van der Waals surface area contributed by atoms with Crippen LogP contribution < -0.4 is 4.90 Å². The zero-order valence-corrected chi connectivity index (χ0v) is 11.5. The molecule has 0 radical (unpaired) electrons. The first kappa shape index (κ1) is 13.3. The maximum atomic E-state index is 12.6. The highest BCUT2D eigenvalue weighted by Gasteiger charge is 2.16. The van der Waals surface area contributed by atoms with E-state index < -0.39 is 0 Å². The zero-order valence-electron chi connectivity index (χ0n) is 11.5. The number of anilines is 1. The van der Waals surface area contributed by atoms with Crippen molar-refractivity contribution < 1.29 is 4.79 Å². The van der Waals surface area contributed by atoms with E-state index in [9.17, 15) is 4.79 Å². The Hall–Kier alpha value is -2.09. The van der Waals surface area contributed by atoms with Crippen molar-refractivity contribution in [2.24, 2.45) is 0 Å². The number of aryl methyl sites for hydroxylation is 1. The minimum absolute atomic E-state index is 0.0630. The lowest BCUT2D eigenvalue weighted by atomic mass is 10.1. The summed E-state index contributed by atoms with van der Waals surface area (Å²) in [6.07, 6.45) is 0.937. The summed E-state index contributed by atoms with van der Waals surface area (Å²) in [5.74, 6) is 0.0630. The second-order valence-corrected chi connectivity index (χ2v) is 4.66. The van der Waals surface area contributed by atoms with Crippen molar-refractivity contribution in [3.8, 4) is 0 Å². The first-order chi connectivity index (χ1) is 9.22. The molecule has 0 fully saturated rings. The SMILES string of the molecule is CCCN(C(=O)c1ccc(C)cc1)c1ccccc1. The fourth-order valence-electron chi connectivity index (χ4n) is 2.03. The van der Waals surface area contributed by atoms with Crippen molar-refractivity contribution in [1.29, 1.82) is 0 Å². The van der Waals surface area contributed by atoms with Crippen molar-refractivity contribution in [2.45, 2.75) is 20.3 Å². The first-order valence-corrected chi connectivity index (χ1v) is 6.66. The molecule has 0 N–H and O–H groups in total. The molecule has 0 aromatic heterocycles. The van der Waals surface area contributed by atoms with Crippen LogP contribution in [-0.2, 0) is 0 Å².